The van der Waals surface area contributed by atoms with E-state index in [1.165, 1.54) is 0 Å². The van der Waals surface area contributed by atoms with Crippen LogP contribution in [0.25, 0.3) is 0 Å². The van der Waals surface area contributed by atoms with Gasteiger partial charge in [0.15, 0.2) is 5.82 Å². The van der Waals surface area contributed by atoms with Gasteiger partial charge in [0.1, 0.15) is 6.61 Å². The molecule has 1 unspecified atom stereocenters. The molecule has 116 valence electrons. The summed E-state index contributed by atoms with van der Waals surface area (Å²) in [5, 5.41) is 3.94. The van der Waals surface area contributed by atoms with E-state index in [9.17, 15) is 4.79 Å². The molecule has 0 spiro atoms. The standard InChI is InChI=1S/C16H19N3O3/c1-12-17-16(18-22-12)14-8-5-9-19(14)15(20)11-21-10-13-6-3-2-4-7-13/h2-4,6-7,14H,5,8-11H2,1H3. The van der Waals surface area contributed by atoms with E-state index in [0.717, 1.165) is 18.4 Å². The Balaban J connectivity index is 1.55. The van der Waals surface area contributed by atoms with Crippen LogP contribution in [0.1, 0.15) is 36.2 Å². The normalized spacial score (nSPS) is 17.9. The number of hydrogen-bond acceptors (Lipinski definition) is 5. The molecule has 1 amide bonds. The highest BCUT2D eigenvalue weighted by Gasteiger charge is 2.32. The number of aromatic nitrogens is 2. The van der Waals surface area contributed by atoms with Crippen LogP contribution in [0.5, 0.6) is 0 Å². The Labute approximate surface area is 129 Å². The number of carbonyl (C=O) groups excluding carboxylic acids is 1. The minimum atomic E-state index is -0.0923. The van der Waals surface area contributed by atoms with Gasteiger partial charge in [0.25, 0.3) is 0 Å². The molecule has 6 nitrogen and oxygen atoms in total. The van der Waals surface area contributed by atoms with Crippen LogP contribution in [0.15, 0.2) is 34.9 Å². The highest BCUT2D eigenvalue weighted by atomic mass is 16.5. The lowest BCUT2D eigenvalue weighted by molar-refractivity contribution is -0.137. The molecule has 2 heterocycles. The number of nitrogens with zero attached hydrogens (tertiary/aromatic N) is 3. The number of carbonyl (C=O) groups is 1. The van der Waals surface area contributed by atoms with E-state index in [1.807, 2.05) is 30.3 Å². The van der Waals surface area contributed by atoms with Crippen LogP contribution < -0.4 is 0 Å². The van der Waals surface area contributed by atoms with Gasteiger partial charge in [-0.2, -0.15) is 4.98 Å². The van der Waals surface area contributed by atoms with Gasteiger partial charge in [0.2, 0.25) is 11.8 Å². The molecule has 1 aliphatic rings. The Kier molecular flexibility index (Phi) is 4.48. The Morgan fingerprint density at radius 1 is 1.41 bits per heavy atom. The SMILES string of the molecule is Cc1nc(C2CCCN2C(=O)COCc2ccccc2)no1. The molecule has 1 saturated heterocycles. The Morgan fingerprint density at radius 3 is 2.95 bits per heavy atom. The Morgan fingerprint density at radius 2 is 2.23 bits per heavy atom. The molecule has 3 rings (SSSR count). The van der Waals surface area contributed by atoms with Crippen molar-refractivity contribution in [1.29, 1.82) is 0 Å². The average molecular weight is 301 g/mol. The van der Waals surface area contributed by atoms with Gasteiger partial charge in [0, 0.05) is 13.5 Å². The van der Waals surface area contributed by atoms with Gasteiger partial charge in [-0.15, -0.1) is 0 Å². The summed E-state index contributed by atoms with van der Waals surface area (Å²) >= 11 is 0. The third-order valence-electron chi connectivity index (χ3n) is 3.75. The number of rotatable bonds is 5. The van der Waals surface area contributed by atoms with Crippen molar-refractivity contribution in [3.8, 4) is 0 Å². The zero-order chi connectivity index (χ0) is 15.4. The minimum Gasteiger partial charge on any atom is -0.367 e. The van der Waals surface area contributed by atoms with Crippen LogP contribution in [-0.4, -0.2) is 34.1 Å². The van der Waals surface area contributed by atoms with E-state index < -0.39 is 0 Å². The first-order chi connectivity index (χ1) is 10.7. The Bertz CT molecular complexity index is 627. The van der Waals surface area contributed by atoms with Gasteiger partial charge in [-0.05, 0) is 18.4 Å². The lowest BCUT2D eigenvalue weighted by atomic mass is 10.2. The van der Waals surface area contributed by atoms with E-state index in [1.54, 1.807) is 11.8 Å². The second-order valence-electron chi connectivity index (χ2n) is 5.40. The first-order valence-electron chi connectivity index (χ1n) is 7.45. The van der Waals surface area contributed by atoms with Gasteiger partial charge in [-0.1, -0.05) is 35.5 Å². The van der Waals surface area contributed by atoms with Crippen LogP contribution in [-0.2, 0) is 16.1 Å². The van der Waals surface area contributed by atoms with Gasteiger partial charge in [0.05, 0.1) is 12.6 Å². The van der Waals surface area contributed by atoms with Crippen molar-refractivity contribution in [2.75, 3.05) is 13.2 Å². The van der Waals surface area contributed by atoms with Gasteiger partial charge >= 0.3 is 0 Å². The molecule has 22 heavy (non-hydrogen) atoms. The number of benzene rings is 1. The molecule has 0 N–H and O–H groups in total. The summed E-state index contributed by atoms with van der Waals surface area (Å²) in [5.41, 5.74) is 1.06. The largest absolute Gasteiger partial charge is 0.367 e. The summed E-state index contributed by atoms with van der Waals surface area (Å²) in [5.74, 6) is 1.09. The number of ether oxygens (including phenoxy) is 1. The van der Waals surface area contributed by atoms with Gasteiger partial charge < -0.3 is 14.2 Å². The van der Waals surface area contributed by atoms with Gasteiger partial charge in [-0.3, -0.25) is 4.79 Å². The lowest BCUT2D eigenvalue weighted by Crippen LogP contribution is -2.34. The third-order valence-corrected chi connectivity index (χ3v) is 3.75. The first kappa shape index (κ1) is 14.7. The summed E-state index contributed by atoms with van der Waals surface area (Å²) in [6, 6.07) is 9.73. The van der Waals surface area contributed by atoms with Crippen molar-refractivity contribution in [3.05, 3.63) is 47.6 Å². The summed E-state index contributed by atoms with van der Waals surface area (Å²) < 4.78 is 10.5. The van der Waals surface area contributed by atoms with Crippen molar-refractivity contribution in [2.45, 2.75) is 32.4 Å². The van der Waals surface area contributed by atoms with E-state index >= 15 is 0 Å². The second-order valence-corrected chi connectivity index (χ2v) is 5.40. The molecule has 0 bridgehead atoms. The van der Waals surface area contributed by atoms with Crippen LogP contribution in [0.4, 0.5) is 0 Å². The highest BCUT2D eigenvalue weighted by molar-refractivity contribution is 5.78. The zero-order valence-electron chi connectivity index (χ0n) is 12.6. The lowest BCUT2D eigenvalue weighted by Gasteiger charge is -2.22. The predicted molar refractivity (Wildman–Crippen MR) is 78.8 cm³/mol. The fraction of sp³-hybridized carbons (Fsp3) is 0.438. The number of hydrogen-bond donors (Lipinski definition) is 0. The molecule has 1 aromatic carbocycles. The molecular weight excluding hydrogens is 282 g/mol. The average Bonchev–Trinajstić information content (AvgIpc) is 3.16. The zero-order valence-corrected chi connectivity index (χ0v) is 12.6. The van der Waals surface area contributed by atoms with Crippen LogP contribution >= 0.6 is 0 Å². The maximum Gasteiger partial charge on any atom is 0.249 e. The fourth-order valence-electron chi connectivity index (χ4n) is 2.70. The minimum absolute atomic E-state index is 0.0270. The maximum absolute atomic E-state index is 12.3. The molecule has 0 saturated carbocycles. The van der Waals surface area contributed by atoms with Crippen molar-refractivity contribution >= 4 is 5.91 Å². The van der Waals surface area contributed by atoms with Crippen molar-refractivity contribution in [1.82, 2.24) is 15.0 Å². The van der Waals surface area contributed by atoms with Crippen molar-refractivity contribution in [3.63, 3.8) is 0 Å². The van der Waals surface area contributed by atoms with Crippen molar-refractivity contribution < 1.29 is 14.1 Å². The van der Waals surface area contributed by atoms with E-state index in [-0.39, 0.29) is 18.6 Å². The quantitative estimate of drug-likeness (QED) is 0.847. The number of amides is 1. The smallest absolute Gasteiger partial charge is 0.249 e. The predicted octanol–water partition coefficient (Wildman–Crippen LogP) is 2.26. The highest BCUT2D eigenvalue weighted by Crippen LogP contribution is 2.30. The number of likely N-dealkylation sites (tertiary alicyclic amines) is 1. The molecule has 1 fully saturated rings. The molecule has 6 heteroatoms. The number of aryl methyl sites for hydroxylation is 1. The Hall–Kier alpha value is -2.21. The molecule has 1 aliphatic heterocycles. The second kappa shape index (κ2) is 6.70. The molecule has 0 radical (unpaired) electrons. The molecule has 1 atom stereocenters. The van der Waals surface area contributed by atoms with Crippen LogP contribution in [0, 0.1) is 6.92 Å². The summed E-state index contributed by atoms with van der Waals surface area (Å²) in [6.07, 6.45) is 1.81. The monoisotopic (exact) mass is 301 g/mol. The maximum atomic E-state index is 12.3. The molecule has 1 aromatic heterocycles. The van der Waals surface area contributed by atoms with Crippen molar-refractivity contribution in [2.24, 2.45) is 0 Å². The van der Waals surface area contributed by atoms with Crippen LogP contribution in [0.2, 0.25) is 0 Å². The molecule has 2 aromatic rings. The van der Waals surface area contributed by atoms with Crippen LogP contribution in [0.3, 0.4) is 0 Å². The summed E-state index contributed by atoms with van der Waals surface area (Å²) in [4.78, 5) is 18.4. The van der Waals surface area contributed by atoms with E-state index in [2.05, 4.69) is 10.1 Å². The summed E-state index contributed by atoms with van der Waals surface area (Å²) in [7, 11) is 0. The van der Waals surface area contributed by atoms with E-state index in [4.69, 9.17) is 9.26 Å². The fourth-order valence-corrected chi connectivity index (χ4v) is 2.70. The molecular formula is C16H19N3O3. The topological polar surface area (TPSA) is 68.5 Å². The summed E-state index contributed by atoms with van der Waals surface area (Å²) in [6.45, 7) is 2.97. The first-order valence-corrected chi connectivity index (χ1v) is 7.45. The van der Waals surface area contributed by atoms with Gasteiger partial charge in [-0.25, -0.2) is 0 Å². The molecule has 0 aliphatic carbocycles. The third kappa shape index (κ3) is 3.33. The van der Waals surface area contributed by atoms with E-state index in [0.29, 0.717) is 24.9 Å².